The van der Waals surface area contributed by atoms with Crippen LogP contribution in [0, 0.1) is 5.92 Å². The molecule has 1 unspecified atom stereocenters. The van der Waals surface area contributed by atoms with Crippen molar-refractivity contribution in [3.8, 4) is 0 Å². The third-order valence-corrected chi connectivity index (χ3v) is 2.72. The molecule has 1 aliphatic rings. The summed E-state index contributed by atoms with van der Waals surface area (Å²) in [6, 6.07) is 3.85. The number of hydrogen-bond donors (Lipinski definition) is 1. The Morgan fingerprint density at radius 2 is 2.14 bits per heavy atom. The van der Waals surface area contributed by atoms with Crippen molar-refractivity contribution in [2.45, 2.75) is 25.2 Å². The largest absolute Gasteiger partial charge is 0.481 e. The molecule has 0 spiro atoms. The number of carboxylic acids is 1. The number of carbonyl (C=O) groups is 1. The van der Waals surface area contributed by atoms with Crippen molar-refractivity contribution in [2.24, 2.45) is 5.92 Å². The van der Waals surface area contributed by atoms with E-state index in [0.717, 1.165) is 5.56 Å². The zero-order valence-corrected chi connectivity index (χ0v) is 7.89. The molecule has 1 aliphatic carbocycles. The van der Waals surface area contributed by atoms with Crippen LogP contribution < -0.4 is 0 Å². The predicted molar refractivity (Wildman–Crippen MR) is 52.0 cm³/mol. The standard InChI is InChI=1S/C11H13NO2/c13-11(14)7-10(8-1-2-8)9-3-5-12-6-4-9/h3-6,8,10H,1-2,7H2,(H,13,14). The van der Waals surface area contributed by atoms with Crippen molar-refractivity contribution in [1.82, 2.24) is 4.98 Å². The zero-order valence-electron chi connectivity index (χ0n) is 7.89. The van der Waals surface area contributed by atoms with Gasteiger partial charge >= 0.3 is 5.97 Å². The molecule has 1 heterocycles. The Kier molecular flexibility index (Phi) is 2.48. The summed E-state index contributed by atoms with van der Waals surface area (Å²) in [7, 11) is 0. The second-order valence-corrected chi connectivity index (χ2v) is 3.82. The van der Waals surface area contributed by atoms with E-state index in [2.05, 4.69) is 4.98 Å². The lowest BCUT2D eigenvalue weighted by Crippen LogP contribution is -2.08. The summed E-state index contributed by atoms with van der Waals surface area (Å²) in [5.41, 5.74) is 1.12. The topological polar surface area (TPSA) is 50.2 Å². The maximum Gasteiger partial charge on any atom is 0.303 e. The Morgan fingerprint density at radius 3 is 2.64 bits per heavy atom. The first-order valence-electron chi connectivity index (χ1n) is 4.89. The molecule has 0 radical (unpaired) electrons. The lowest BCUT2D eigenvalue weighted by Gasteiger charge is -2.13. The summed E-state index contributed by atoms with van der Waals surface area (Å²) < 4.78 is 0. The van der Waals surface area contributed by atoms with Crippen LogP contribution in [0.4, 0.5) is 0 Å². The molecule has 14 heavy (non-hydrogen) atoms. The number of aromatic nitrogens is 1. The molecule has 1 atom stereocenters. The van der Waals surface area contributed by atoms with Gasteiger partial charge in [0.15, 0.2) is 0 Å². The molecule has 3 nitrogen and oxygen atoms in total. The second kappa shape index (κ2) is 3.78. The van der Waals surface area contributed by atoms with Gasteiger partial charge in [0.1, 0.15) is 0 Å². The first-order valence-corrected chi connectivity index (χ1v) is 4.89. The molecule has 0 bridgehead atoms. The predicted octanol–water partition coefficient (Wildman–Crippen LogP) is 2.05. The molecule has 0 amide bonds. The van der Waals surface area contributed by atoms with Crippen molar-refractivity contribution in [3.05, 3.63) is 30.1 Å². The van der Waals surface area contributed by atoms with Crippen molar-refractivity contribution in [3.63, 3.8) is 0 Å². The second-order valence-electron chi connectivity index (χ2n) is 3.82. The molecule has 1 N–H and O–H groups in total. The van der Waals surface area contributed by atoms with Gasteiger partial charge in [-0.2, -0.15) is 0 Å². The van der Waals surface area contributed by atoms with Crippen LogP contribution in [0.25, 0.3) is 0 Å². The van der Waals surface area contributed by atoms with Crippen molar-refractivity contribution < 1.29 is 9.90 Å². The number of nitrogens with zero attached hydrogens (tertiary/aromatic N) is 1. The molecule has 0 aromatic carbocycles. The molecular weight excluding hydrogens is 178 g/mol. The van der Waals surface area contributed by atoms with Gasteiger partial charge in [-0.15, -0.1) is 0 Å². The van der Waals surface area contributed by atoms with Gasteiger partial charge in [-0.25, -0.2) is 0 Å². The van der Waals surface area contributed by atoms with E-state index in [0.29, 0.717) is 5.92 Å². The van der Waals surface area contributed by atoms with Crippen molar-refractivity contribution in [1.29, 1.82) is 0 Å². The van der Waals surface area contributed by atoms with E-state index in [4.69, 9.17) is 5.11 Å². The van der Waals surface area contributed by atoms with Crippen LogP contribution in [-0.4, -0.2) is 16.1 Å². The fourth-order valence-electron chi connectivity index (χ4n) is 1.85. The Labute approximate surface area is 82.8 Å². The highest BCUT2D eigenvalue weighted by Gasteiger charge is 2.33. The SMILES string of the molecule is O=C(O)CC(c1ccncc1)C1CC1. The van der Waals surface area contributed by atoms with Crippen LogP contribution in [0.3, 0.4) is 0 Å². The summed E-state index contributed by atoms with van der Waals surface area (Å²) >= 11 is 0. The van der Waals surface area contributed by atoms with Gasteiger partial charge in [0.25, 0.3) is 0 Å². The van der Waals surface area contributed by atoms with E-state index in [-0.39, 0.29) is 12.3 Å². The monoisotopic (exact) mass is 191 g/mol. The van der Waals surface area contributed by atoms with Gasteiger partial charge in [-0.05, 0) is 42.4 Å². The number of rotatable bonds is 4. The Hall–Kier alpha value is -1.38. The molecule has 3 heteroatoms. The van der Waals surface area contributed by atoms with Gasteiger partial charge in [-0.3, -0.25) is 9.78 Å². The quantitative estimate of drug-likeness (QED) is 0.792. The number of aliphatic carboxylic acids is 1. The van der Waals surface area contributed by atoms with Crippen LogP contribution in [0.2, 0.25) is 0 Å². The van der Waals surface area contributed by atoms with E-state index in [1.807, 2.05) is 12.1 Å². The van der Waals surface area contributed by atoms with E-state index in [1.54, 1.807) is 12.4 Å². The van der Waals surface area contributed by atoms with E-state index in [1.165, 1.54) is 12.8 Å². The summed E-state index contributed by atoms with van der Waals surface area (Å²) in [4.78, 5) is 14.6. The maximum absolute atomic E-state index is 10.7. The summed E-state index contributed by atoms with van der Waals surface area (Å²) in [5, 5.41) is 8.81. The highest BCUT2D eigenvalue weighted by Crippen LogP contribution is 2.44. The van der Waals surface area contributed by atoms with Crippen LogP contribution in [0.1, 0.15) is 30.7 Å². The molecule has 74 valence electrons. The fraction of sp³-hybridized carbons (Fsp3) is 0.455. The minimum absolute atomic E-state index is 0.190. The highest BCUT2D eigenvalue weighted by molar-refractivity contribution is 5.68. The molecule has 0 saturated heterocycles. The third kappa shape index (κ3) is 2.10. The number of hydrogen-bond acceptors (Lipinski definition) is 2. The van der Waals surface area contributed by atoms with E-state index in [9.17, 15) is 4.79 Å². The number of carboxylic acid groups (broad SMARTS) is 1. The van der Waals surface area contributed by atoms with Gasteiger partial charge in [0, 0.05) is 12.4 Å². The normalized spacial score (nSPS) is 17.7. The highest BCUT2D eigenvalue weighted by atomic mass is 16.4. The Bertz CT molecular complexity index is 319. The fourth-order valence-corrected chi connectivity index (χ4v) is 1.85. The Balaban J connectivity index is 2.14. The van der Waals surface area contributed by atoms with Crippen LogP contribution in [0.15, 0.2) is 24.5 Å². The van der Waals surface area contributed by atoms with E-state index < -0.39 is 5.97 Å². The lowest BCUT2D eigenvalue weighted by molar-refractivity contribution is -0.137. The minimum Gasteiger partial charge on any atom is -0.481 e. The lowest BCUT2D eigenvalue weighted by atomic mass is 9.92. The van der Waals surface area contributed by atoms with Crippen LogP contribution in [-0.2, 0) is 4.79 Å². The Morgan fingerprint density at radius 1 is 1.50 bits per heavy atom. The smallest absolute Gasteiger partial charge is 0.303 e. The van der Waals surface area contributed by atoms with Crippen molar-refractivity contribution in [2.75, 3.05) is 0 Å². The molecule has 1 fully saturated rings. The zero-order chi connectivity index (χ0) is 9.97. The molecule has 1 aromatic heterocycles. The summed E-state index contributed by atoms with van der Waals surface area (Å²) in [5.74, 6) is 0.0581. The summed E-state index contributed by atoms with van der Waals surface area (Å²) in [6.45, 7) is 0. The van der Waals surface area contributed by atoms with Gasteiger partial charge < -0.3 is 5.11 Å². The molecule has 1 aromatic rings. The molecule has 2 rings (SSSR count). The number of pyridine rings is 1. The third-order valence-electron chi connectivity index (χ3n) is 2.72. The summed E-state index contributed by atoms with van der Waals surface area (Å²) in [6.07, 6.45) is 6.04. The van der Waals surface area contributed by atoms with Crippen LogP contribution >= 0.6 is 0 Å². The first-order chi connectivity index (χ1) is 6.77. The molecule has 1 saturated carbocycles. The van der Waals surface area contributed by atoms with Gasteiger partial charge in [-0.1, -0.05) is 0 Å². The molecular formula is C11H13NO2. The minimum atomic E-state index is -0.710. The van der Waals surface area contributed by atoms with Gasteiger partial charge in [0.2, 0.25) is 0 Å². The molecule has 0 aliphatic heterocycles. The average molecular weight is 191 g/mol. The van der Waals surface area contributed by atoms with E-state index >= 15 is 0 Å². The van der Waals surface area contributed by atoms with Gasteiger partial charge in [0.05, 0.1) is 6.42 Å². The van der Waals surface area contributed by atoms with Crippen molar-refractivity contribution >= 4 is 5.97 Å². The maximum atomic E-state index is 10.7. The van der Waals surface area contributed by atoms with Crippen LogP contribution in [0.5, 0.6) is 0 Å². The average Bonchev–Trinajstić information content (AvgIpc) is 2.99. The first kappa shape index (κ1) is 9.19.